The number of hydrogen-bond acceptors (Lipinski definition) is 3. The van der Waals surface area contributed by atoms with Crippen molar-refractivity contribution in [3.63, 3.8) is 0 Å². The molecule has 3 nitrogen and oxygen atoms in total. The van der Waals surface area contributed by atoms with Crippen LogP contribution in [0.25, 0.3) is 0 Å². The zero-order valence-corrected chi connectivity index (χ0v) is 12.0. The fraction of sp³-hybridized carbons (Fsp3) is 0.333. The van der Waals surface area contributed by atoms with Crippen molar-refractivity contribution < 1.29 is 9.47 Å². The number of rotatable bonds is 2. The lowest BCUT2D eigenvalue weighted by molar-refractivity contribution is 0.171. The van der Waals surface area contributed by atoms with Gasteiger partial charge in [-0.15, -0.1) is 0 Å². The van der Waals surface area contributed by atoms with Gasteiger partial charge in [-0.25, -0.2) is 0 Å². The third-order valence-electron chi connectivity index (χ3n) is 4.25. The molecule has 0 radical (unpaired) electrons. The van der Waals surface area contributed by atoms with Crippen molar-refractivity contribution in [2.45, 2.75) is 25.3 Å². The lowest BCUT2D eigenvalue weighted by Crippen LogP contribution is -2.18. The van der Waals surface area contributed by atoms with Crippen molar-refractivity contribution in [1.82, 2.24) is 0 Å². The highest BCUT2D eigenvalue weighted by atomic mass is 16.6. The molecule has 0 saturated carbocycles. The van der Waals surface area contributed by atoms with Gasteiger partial charge < -0.3 is 14.8 Å². The highest BCUT2D eigenvalue weighted by molar-refractivity contribution is 5.56. The van der Waals surface area contributed by atoms with Gasteiger partial charge in [0.25, 0.3) is 0 Å². The first-order valence-corrected chi connectivity index (χ1v) is 7.64. The van der Waals surface area contributed by atoms with Gasteiger partial charge in [-0.2, -0.15) is 0 Å². The van der Waals surface area contributed by atoms with Crippen molar-refractivity contribution in [3.8, 4) is 11.5 Å². The van der Waals surface area contributed by atoms with E-state index in [9.17, 15) is 0 Å². The van der Waals surface area contributed by atoms with Crippen LogP contribution in [-0.4, -0.2) is 13.2 Å². The molecule has 21 heavy (non-hydrogen) atoms. The van der Waals surface area contributed by atoms with E-state index in [0.29, 0.717) is 19.3 Å². The third kappa shape index (κ3) is 2.44. The average molecular weight is 281 g/mol. The maximum absolute atomic E-state index is 5.66. The summed E-state index contributed by atoms with van der Waals surface area (Å²) in [6.07, 6.45) is 3.60. The van der Waals surface area contributed by atoms with E-state index >= 15 is 0 Å². The molecule has 0 bridgehead atoms. The Kier molecular flexibility index (Phi) is 3.18. The van der Waals surface area contributed by atoms with E-state index < -0.39 is 0 Å². The number of anilines is 1. The molecule has 108 valence electrons. The number of nitrogens with one attached hydrogen (secondary N) is 1. The summed E-state index contributed by atoms with van der Waals surface area (Å²) in [6, 6.07) is 15.2. The van der Waals surface area contributed by atoms with E-state index in [2.05, 4.69) is 35.6 Å². The summed E-state index contributed by atoms with van der Waals surface area (Å²) >= 11 is 0. The molecule has 1 aliphatic carbocycles. The Bertz CT molecular complexity index is 653. The molecule has 3 heteroatoms. The highest BCUT2D eigenvalue weighted by Crippen LogP contribution is 2.36. The van der Waals surface area contributed by atoms with Crippen LogP contribution in [0.4, 0.5) is 5.69 Å². The summed E-state index contributed by atoms with van der Waals surface area (Å²) in [5, 5.41) is 3.65. The first-order valence-electron chi connectivity index (χ1n) is 7.64. The largest absolute Gasteiger partial charge is 0.486 e. The summed E-state index contributed by atoms with van der Waals surface area (Å²) in [4.78, 5) is 0. The molecule has 0 amide bonds. The molecular formula is C18H19NO2. The Labute approximate surface area is 124 Å². The van der Waals surface area contributed by atoms with E-state index in [1.807, 2.05) is 12.1 Å². The summed E-state index contributed by atoms with van der Waals surface area (Å²) in [6.45, 7) is 1.26. The van der Waals surface area contributed by atoms with Gasteiger partial charge in [0.15, 0.2) is 11.5 Å². The first-order chi connectivity index (χ1) is 10.4. The van der Waals surface area contributed by atoms with Gasteiger partial charge in [-0.1, -0.05) is 24.3 Å². The molecule has 0 spiro atoms. The molecular weight excluding hydrogens is 262 g/mol. The zero-order chi connectivity index (χ0) is 14.1. The monoisotopic (exact) mass is 281 g/mol. The number of hydrogen-bond donors (Lipinski definition) is 1. The fourth-order valence-electron chi connectivity index (χ4n) is 3.24. The molecule has 0 aromatic heterocycles. The molecule has 1 unspecified atom stereocenters. The van der Waals surface area contributed by atoms with E-state index in [4.69, 9.17) is 9.47 Å². The van der Waals surface area contributed by atoms with Gasteiger partial charge >= 0.3 is 0 Å². The molecule has 1 N–H and O–H groups in total. The van der Waals surface area contributed by atoms with Crippen LogP contribution in [0.5, 0.6) is 11.5 Å². The summed E-state index contributed by atoms with van der Waals surface area (Å²) in [7, 11) is 0. The highest BCUT2D eigenvalue weighted by Gasteiger charge is 2.20. The van der Waals surface area contributed by atoms with Crippen molar-refractivity contribution in [2.24, 2.45) is 0 Å². The van der Waals surface area contributed by atoms with Crippen LogP contribution in [0.15, 0.2) is 42.5 Å². The van der Waals surface area contributed by atoms with Crippen molar-refractivity contribution in [3.05, 3.63) is 53.6 Å². The number of aryl methyl sites for hydroxylation is 1. The molecule has 4 rings (SSSR count). The molecule has 2 aromatic carbocycles. The lowest BCUT2D eigenvalue weighted by atomic mass is 9.87. The SMILES string of the molecule is c1ccc2c(c1)CCCC2Nc1ccc2c(c1)OCCO2. The number of benzene rings is 2. The number of fused-ring (bicyclic) bond motifs is 2. The van der Waals surface area contributed by atoms with E-state index in [1.54, 1.807) is 0 Å². The van der Waals surface area contributed by atoms with Crippen LogP contribution in [0, 0.1) is 0 Å². The Morgan fingerprint density at radius 3 is 2.76 bits per heavy atom. The van der Waals surface area contributed by atoms with Gasteiger partial charge in [0.2, 0.25) is 0 Å². The molecule has 1 atom stereocenters. The minimum Gasteiger partial charge on any atom is -0.486 e. The maximum Gasteiger partial charge on any atom is 0.163 e. The van der Waals surface area contributed by atoms with Gasteiger partial charge in [-0.05, 0) is 42.5 Å². The normalized spacial score (nSPS) is 19.7. The molecule has 1 aliphatic heterocycles. The minimum atomic E-state index is 0.387. The second kappa shape index (κ2) is 5.32. The second-order valence-electron chi connectivity index (χ2n) is 5.65. The van der Waals surface area contributed by atoms with E-state index in [1.165, 1.54) is 30.4 Å². The summed E-state index contributed by atoms with van der Waals surface area (Å²) < 4.78 is 11.2. The van der Waals surface area contributed by atoms with Crippen LogP contribution < -0.4 is 14.8 Å². The van der Waals surface area contributed by atoms with Gasteiger partial charge in [0.1, 0.15) is 13.2 Å². The zero-order valence-electron chi connectivity index (χ0n) is 12.0. The maximum atomic E-state index is 5.66. The smallest absolute Gasteiger partial charge is 0.163 e. The predicted octanol–water partition coefficient (Wildman–Crippen LogP) is 3.95. The molecule has 0 fully saturated rings. The van der Waals surface area contributed by atoms with E-state index in [0.717, 1.165) is 17.2 Å². The van der Waals surface area contributed by atoms with Crippen LogP contribution >= 0.6 is 0 Å². The Hall–Kier alpha value is -2.16. The third-order valence-corrected chi connectivity index (χ3v) is 4.25. The first kappa shape index (κ1) is 12.6. The average Bonchev–Trinajstić information content (AvgIpc) is 2.55. The summed E-state index contributed by atoms with van der Waals surface area (Å²) in [5.74, 6) is 1.69. The van der Waals surface area contributed by atoms with Gasteiger partial charge in [-0.3, -0.25) is 0 Å². The fourth-order valence-corrected chi connectivity index (χ4v) is 3.24. The quantitative estimate of drug-likeness (QED) is 0.904. The Balaban J connectivity index is 1.59. The van der Waals surface area contributed by atoms with Crippen LogP contribution in [-0.2, 0) is 6.42 Å². The van der Waals surface area contributed by atoms with Crippen molar-refractivity contribution in [1.29, 1.82) is 0 Å². The standard InChI is InChI=1S/C18H19NO2/c1-2-6-15-13(4-1)5-3-7-16(15)19-14-8-9-17-18(12-14)21-11-10-20-17/h1-2,4,6,8-9,12,16,19H,3,5,7,10-11H2. The minimum absolute atomic E-state index is 0.387. The second-order valence-corrected chi connectivity index (χ2v) is 5.65. The van der Waals surface area contributed by atoms with Crippen LogP contribution in [0.2, 0.25) is 0 Å². The predicted molar refractivity (Wildman–Crippen MR) is 83.2 cm³/mol. The molecule has 2 aliphatic rings. The van der Waals surface area contributed by atoms with Crippen LogP contribution in [0.3, 0.4) is 0 Å². The van der Waals surface area contributed by atoms with Gasteiger partial charge in [0, 0.05) is 11.8 Å². The van der Waals surface area contributed by atoms with Crippen molar-refractivity contribution in [2.75, 3.05) is 18.5 Å². The van der Waals surface area contributed by atoms with Crippen LogP contribution in [0.1, 0.15) is 30.0 Å². The molecule has 2 aromatic rings. The van der Waals surface area contributed by atoms with Crippen molar-refractivity contribution >= 4 is 5.69 Å². The number of ether oxygens (including phenoxy) is 2. The lowest BCUT2D eigenvalue weighted by Gasteiger charge is -2.28. The molecule has 0 saturated heterocycles. The summed E-state index contributed by atoms with van der Waals surface area (Å²) in [5.41, 5.74) is 4.00. The molecule has 1 heterocycles. The van der Waals surface area contributed by atoms with Gasteiger partial charge in [0.05, 0.1) is 6.04 Å². The topological polar surface area (TPSA) is 30.5 Å². The van der Waals surface area contributed by atoms with E-state index in [-0.39, 0.29) is 0 Å². The Morgan fingerprint density at radius 2 is 1.81 bits per heavy atom. The Morgan fingerprint density at radius 1 is 0.952 bits per heavy atom.